The van der Waals surface area contributed by atoms with Gasteiger partial charge in [0.05, 0.1) is 10.6 Å². The molecule has 4 nitrogen and oxygen atoms in total. The van der Waals surface area contributed by atoms with Crippen LogP contribution in [0.3, 0.4) is 0 Å². The Morgan fingerprint density at radius 3 is 2.43 bits per heavy atom. The highest BCUT2D eigenvalue weighted by Crippen LogP contribution is 2.39. The van der Waals surface area contributed by atoms with E-state index < -0.39 is 0 Å². The monoisotopic (exact) mass is 570 g/mol. The van der Waals surface area contributed by atoms with Crippen LogP contribution in [0.15, 0.2) is 99.3 Å². The summed E-state index contributed by atoms with van der Waals surface area (Å²) in [5.74, 6) is 0.695. The fourth-order valence-electron chi connectivity index (χ4n) is 4.17. The fraction of sp³-hybridized carbons (Fsp3) is 0.161. The molecule has 4 aromatic rings. The molecule has 0 bridgehead atoms. The van der Waals surface area contributed by atoms with E-state index in [9.17, 15) is 4.79 Å². The van der Waals surface area contributed by atoms with Gasteiger partial charge in [0.2, 0.25) is 0 Å². The highest BCUT2D eigenvalue weighted by atomic mass is 79.9. The lowest BCUT2D eigenvalue weighted by atomic mass is 10.0. The van der Waals surface area contributed by atoms with Gasteiger partial charge in [-0.15, -0.1) is 0 Å². The maximum atomic E-state index is 13.6. The van der Waals surface area contributed by atoms with E-state index in [0.717, 1.165) is 37.8 Å². The van der Waals surface area contributed by atoms with Crippen LogP contribution in [-0.2, 0) is 11.4 Å². The number of amidine groups is 1. The zero-order valence-electron chi connectivity index (χ0n) is 20.9. The van der Waals surface area contributed by atoms with E-state index in [1.807, 2.05) is 93.6 Å². The Kier molecular flexibility index (Phi) is 7.49. The molecule has 0 atom stereocenters. The van der Waals surface area contributed by atoms with Crippen molar-refractivity contribution in [1.29, 1.82) is 0 Å². The van der Waals surface area contributed by atoms with E-state index in [2.05, 4.69) is 34.1 Å². The number of ether oxygens (including phenoxy) is 1. The van der Waals surface area contributed by atoms with Crippen LogP contribution in [0.1, 0.15) is 30.5 Å². The van der Waals surface area contributed by atoms with Crippen LogP contribution in [0.25, 0.3) is 16.8 Å². The van der Waals surface area contributed by atoms with Gasteiger partial charge in [0.25, 0.3) is 5.91 Å². The zero-order valence-corrected chi connectivity index (χ0v) is 23.3. The van der Waals surface area contributed by atoms with Crippen molar-refractivity contribution >= 4 is 61.3 Å². The molecule has 1 heterocycles. The number of rotatable bonds is 6. The minimum absolute atomic E-state index is 0.0178. The molecule has 1 fully saturated rings. The first kappa shape index (κ1) is 25.3. The normalized spacial score (nSPS) is 15.9. The maximum Gasteiger partial charge on any atom is 0.266 e. The Labute approximate surface area is 230 Å². The average molecular weight is 572 g/mol. The van der Waals surface area contributed by atoms with E-state index in [0.29, 0.717) is 16.7 Å². The Bertz CT molecular complexity index is 1510. The third-order valence-electron chi connectivity index (χ3n) is 6.13. The van der Waals surface area contributed by atoms with Gasteiger partial charge in [-0.1, -0.05) is 76.1 Å². The van der Waals surface area contributed by atoms with Crippen molar-refractivity contribution in [3.63, 3.8) is 0 Å². The first-order chi connectivity index (χ1) is 17.9. The molecule has 0 aliphatic carbocycles. The molecule has 6 heteroatoms. The van der Waals surface area contributed by atoms with Crippen LogP contribution >= 0.6 is 27.7 Å². The second kappa shape index (κ2) is 11.0. The highest BCUT2D eigenvalue weighted by Gasteiger charge is 2.35. The summed E-state index contributed by atoms with van der Waals surface area (Å²) in [6.45, 7) is 6.50. The third-order valence-corrected chi connectivity index (χ3v) is 7.64. The second-order valence-corrected chi connectivity index (χ2v) is 11.1. The number of aryl methyl sites for hydroxylation is 1. The van der Waals surface area contributed by atoms with Gasteiger partial charge in [-0.05, 0) is 85.3 Å². The molecule has 5 rings (SSSR count). The Morgan fingerprint density at radius 1 is 0.973 bits per heavy atom. The lowest BCUT2D eigenvalue weighted by Crippen LogP contribution is -2.35. The smallest absolute Gasteiger partial charge is 0.266 e. The van der Waals surface area contributed by atoms with E-state index >= 15 is 0 Å². The number of hydrogen-bond acceptors (Lipinski definition) is 4. The van der Waals surface area contributed by atoms with E-state index in [4.69, 9.17) is 9.73 Å². The summed E-state index contributed by atoms with van der Waals surface area (Å²) in [7, 11) is 0. The van der Waals surface area contributed by atoms with Crippen molar-refractivity contribution in [2.45, 2.75) is 33.4 Å². The molecule has 0 radical (unpaired) electrons. The molecule has 1 aliphatic rings. The van der Waals surface area contributed by atoms with Gasteiger partial charge in [0.15, 0.2) is 5.17 Å². The molecule has 37 heavy (non-hydrogen) atoms. The quantitative estimate of drug-likeness (QED) is 0.218. The standard InChI is InChI=1S/C31H27BrN2O2S/c1-20(2)34-30(35)29(37-31(34)33-25-15-8-21(3)9-16-25)18-27-26-7-5-4-6-23(26)12-17-28(27)36-19-22-10-13-24(32)14-11-22/h4-18,20H,19H2,1-3H3/b29-18+,33-31?. The van der Waals surface area contributed by atoms with E-state index in [1.165, 1.54) is 17.3 Å². The van der Waals surface area contributed by atoms with Crippen molar-refractivity contribution in [1.82, 2.24) is 4.90 Å². The molecule has 1 amide bonds. The average Bonchev–Trinajstić information content (AvgIpc) is 3.20. The number of halogens is 1. The van der Waals surface area contributed by atoms with Crippen LogP contribution < -0.4 is 4.74 Å². The maximum absolute atomic E-state index is 13.6. The minimum Gasteiger partial charge on any atom is -0.488 e. The second-order valence-electron chi connectivity index (χ2n) is 9.22. The summed E-state index contributed by atoms with van der Waals surface area (Å²) >= 11 is 4.89. The van der Waals surface area contributed by atoms with Gasteiger partial charge >= 0.3 is 0 Å². The topological polar surface area (TPSA) is 41.9 Å². The van der Waals surface area contributed by atoms with E-state index in [-0.39, 0.29) is 11.9 Å². The Morgan fingerprint density at radius 2 is 1.70 bits per heavy atom. The number of thioether (sulfide) groups is 1. The largest absolute Gasteiger partial charge is 0.488 e. The number of aliphatic imine (C=N–C) groups is 1. The zero-order chi connectivity index (χ0) is 25.9. The molecule has 0 aromatic heterocycles. The summed E-state index contributed by atoms with van der Waals surface area (Å²) in [5, 5.41) is 2.82. The first-order valence-corrected chi connectivity index (χ1v) is 13.8. The number of benzene rings is 4. The van der Waals surface area contributed by atoms with Crippen molar-refractivity contribution < 1.29 is 9.53 Å². The highest BCUT2D eigenvalue weighted by molar-refractivity contribution is 9.10. The van der Waals surface area contributed by atoms with Gasteiger partial charge < -0.3 is 4.74 Å². The van der Waals surface area contributed by atoms with Crippen LogP contribution in [0.4, 0.5) is 5.69 Å². The Hall–Kier alpha value is -3.35. The molecule has 1 saturated heterocycles. The number of amides is 1. The predicted molar refractivity (Wildman–Crippen MR) is 158 cm³/mol. The van der Waals surface area contributed by atoms with Gasteiger partial charge in [-0.25, -0.2) is 4.99 Å². The fourth-order valence-corrected chi connectivity index (χ4v) is 5.54. The summed E-state index contributed by atoms with van der Waals surface area (Å²) < 4.78 is 7.33. The molecular formula is C31H27BrN2O2S. The predicted octanol–water partition coefficient (Wildman–Crippen LogP) is 8.50. The SMILES string of the molecule is Cc1ccc(N=C2S/C(=C/c3c(OCc4ccc(Br)cc4)ccc4ccccc34)C(=O)N2C(C)C)cc1. The van der Waals surface area contributed by atoms with Crippen molar-refractivity contribution in [3.05, 3.63) is 111 Å². The molecule has 0 N–H and O–H groups in total. The molecule has 0 saturated carbocycles. The summed E-state index contributed by atoms with van der Waals surface area (Å²) in [6, 6.07) is 28.3. The van der Waals surface area contributed by atoms with Crippen molar-refractivity contribution in [2.75, 3.05) is 0 Å². The van der Waals surface area contributed by atoms with Crippen LogP contribution in [0.5, 0.6) is 5.75 Å². The minimum atomic E-state index is -0.0438. The molecule has 186 valence electrons. The van der Waals surface area contributed by atoms with Crippen molar-refractivity contribution in [3.8, 4) is 5.75 Å². The lowest BCUT2D eigenvalue weighted by Gasteiger charge is -2.19. The van der Waals surface area contributed by atoms with Crippen LogP contribution in [0.2, 0.25) is 0 Å². The van der Waals surface area contributed by atoms with Crippen LogP contribution in [-0.4, -0.2) is 22.0 Å². The molecule has 0 spiro atoms. The number of carbonyl (C=O) groups excluding carboxylic acids is 1. The first-order valence-electron chi connectivity index (χ1n) is 12.2. The Balaban J connectivity index is 1.54. The summed E-state index contributed by atoms with van der Waals surface area (Å²) in [4.78, 5) is 20.8. The number of fused-ring (bicyclic) bond motifs is 1. The molecule has 4 aromatic carbocycles. The van der Waals surface area contributed by atoms with Gasteiger partial charge in [0.1, 0.15) is 12.4 Å². The number of nitrogens with zero attached hydrogens (tertiary/aromatic N) is 2. The van der Waals surface area contributed by atoms with Gasteiger partial charge in [0, 0.05) is 16.1 Å². The van der Waals surface area contributed by atoms with Crippen molar-refractivity contribution in [2.24, 2.45) is 4.99 Å². The molecular weight excluding hydrogens is 544 g/mol. The van der Waals surface area contributed by atoms with Crippen LogP contribution in [0, 0.1) is 6.92 Å². The number of carbonyl (C=O) groups is 1. The molecule has 0 unspecified atom stereocenters. The van der Waals surface area contributed by atoms with E-state index in [1.54, 1.807) is 4.90 Å². The lowest BCUT2D eigenvalue weighted by molar-refractivity contribution is -0.123. The summed E-state index contributed by atoms with van der Waals surface area (Å²) in [6.07, 6.45) is 1.96. The van der Waals surface area contributed by atoms with Gasteiger partial charge in [-0.2, -0.15) is 0 Å². The summed E-state index contributed by atoms with van der Waals surface area (Å²) in [5.41, 5.74) is 3.97. The van der Waals surface area contributed by atoms with Gasteiger partial charge in [-0.3, -0.25) is 9.69 Å². The molecule has 1 aliphatic heterocycles. The number of hydrogen-bond donors (Lipinski definition) is 0. The third kappa shape index (κ3) is 5.65.